The van der Waals surface area contributed by atoms with E-state index in [2.05, 4.69) is 6.07 Å². The van der Waals surface area contributed by atoms with Crippen LogP contribution in [0.25, 0.3) is 5.70 Å². The van der Waals surface area contributed by atoms with Gasteiger partial charge in [0.05, 0.1) is 23.9 Å². The second kappa shape index (κ2) is 5.72. The number of benzene rings is 2. The first-order valence-corrected chi connectivity index (χ1v) is 8.53. The zero-order chi connectivity index (χ0) is 18.5. The van der Waals surface area contributed by atoms with Gasteiger partial charge in [-0.1, -0.05) is 18.2 Å². The molecule has 2 N–H and O–H groups in total. The van der Waals surface area contributed by atoms with E-state index in [0.29, 0.717) is 23.4 Å². The van der Waals surface area contributed by atoms with E-state index in [9.17, 15) is 10.1 Å². The van der Waals surface area contributed by atoms with E-state index in [0.717, 1.165) is 22.4 Å². The summed E-state index contributed by atoms with van der Waals surface area (Å²) >= 11 is 0. The van der Waals surface area contributed by atoms with Gasteiger partial charge in [-0.25, -0.2) is 0 Å². The topological polar surface area (TPSA) is 79.3 Å². The molecular formula is C21H19N3O2. The summed E-state index contributed by atoms with van der Waals surface area (Å²) < 4.78 is 6.14. The molecule has 5 nitrogen and oxygen atoms in total. The van der Waals surface area contributed by atoms with Crippen molar-refractivity contribution in [1.29, 1.82) is 5.26 Å². The van der Waals surface area contributed by atoms with Crippen molar-refractivity contribution in [3.8, 4) is 11.8 Å². The van der Waals surface area contributed by atoms with Gasteiger partial charge in [0.2, 0.25) is 0 Å². The molecule has 2 heterocycles. The van der Waals surface area contributed by atoms with Crippen LogP contribution in [0.15, 0.2) is 48.0 Å². The van der Waals surface area contributed by atoms with Gasteiger partial charge < -0.3 is 15.4 Å². The molecule has 0 atom stereocenters. The van der Waals surface area contributed by atoms with Crippen molar-refractivity contribution < 1.29 is 9.53 Å². The number of hydrogen-bond donors (Lipinski definition) is 1. The number of nitrogens with zero attached hydrogens (tertiary/aromatic N) is 2. The lowest BCUT2D eigenvalue weighted by molar-refractivity contribution is 0.0843. The highest BCUT2D eigenvalue weighted by Crippen LogP contribution is 2.44. The maximum absolute atomic E-state index is 13.1. The fourth-order valence-electron chi connectivity index (χ4n) is 3.74. The van der Waals surface area contributed by atoms with Crippen molar-refractivity contribution >= 4 is 11.6 Å². The van der Waals surface area contributed by atoms with Crippen LogP contribution in [-0.2, 0) is 6.54 Å². The summed E-state index contributed by atoms with van der Waals surface area (Å²) in [6, 6.07) is 15.1. The number of carbonyl (C=O) groups excluding carboxylic acids is 1. The van der Waals surface area contributed by atoms with Crippen molar-refractivity contribution in [3.05, 3.63) is 70.3 Å². The third-order valence-electron chi connectivity index (χ3n) is 5.04. The molecule has 5 heteroatoms. The lowest BCUT2D eigenvalue weighted by atomic mass is 9.88. The lowest BCUT2D eigenvalue weighted by Gasteiger charge is -2.39. The van der Waals surface area contributed by atoms with Crippen molar-refractivity contribution in [3.63, 3.8) is 0 Å². The second-order valence-corrected chi connectivity index (χ2v) is 7.01. The zero-order valence-electron chi connectivity index (χ0n) is 14.7. The molecule has 0 saturated carbocycles. The molecule has 0 aliphatic carbocycles. The molecule has 2 aliphatic heterocycles. The summed E-state index contributed by atoms with van der Waals surface area (Å²) in [7, 11) is 0. The number of rotatable bonds is 2. The Kier molecular flexibility index (Phi) is 3.60. The van der Waals surface area contributed by atoms with Gasteiger partial charge in [0.1, 0.15) is 11.4 Å². The van der Waals surface area contributed by atoms with E-state index in [1.807, 2.05) is 38.1 Å². The Balaban J connectivity index is 1.94. The molecule has 1 amide bonds. The summed E-state index contributed by atoms with van der Waals surface area (Å²) in [5, 5.41) is 9.30. The van der Waals surface area contributed by atoms with Gasteiger partial charge in [0.15, 0.2) is 0 Å². The van der Waals surface area contributed by atoms with E-state index < -0.39 is 5.60 Å². The van der Waals surface area contributed by atoms with Crippen LogP contribution in [0.2, 0.25) is 0 Å². The highest BCUT2D eigenvalue weighted by atomic mass is 16.5. The Morgan fingerprint density at radius 2 is 2.00 bits per heavy atom. The summed E-state index contributed by atoms with van der Waals surface area (Å²) in [5.41, 5.74) is 10.0. The lowest BCUT2D eigenvalue weighted by Crippen LogP contribution is -2.41. The minimum absolute atomic E-state index is 0.0486. The van der Waals surface area contributed by atoms with Crippen molar-refractivity contribution in [2.45, 2.75) is 26.0 Å². The molecule has 0 saturated heterocycles. The number of nitriles is 1. The number of carbonyl (C=O) groups is 1. The van der Waals surface area contributed by atoms with E-state index in [4.69, 9.17) is 10.5 Å². The zero-order valence-corrected chi connectivity index (χ0v) is 14.7. The van der Waals surface area contributed by atoms with Crippen LogP contribution in [0.3, 0.4) is 0 Å². The monoisotopic (exact) mass is 345 g/mol. The first-order chi connectivity index (χ1) is 12.5. The molecule has 2 aromatic carbocycles. The first kappa shape index (κ1) is 16.4. The Morgan fingerprint density at radius 1 is 1.23 bits per heavy atom. The number of hydrogen-bond acceptors (Lipinski definition) is 4. The number of fused-ring (bicyclic) bond motifs is 2. The number of nitrogens with two attached hydrogens (primary N) is 1. The van der Waals surface area contributed by atoms with Gasteiger partial charge in [-0.15, -0.1) is 0 Å². The summed E-state index contributed by atoms with van der Waals surface area (Å²) in [5.74, 6) is 0.609. The molecule has 4 rings (SSSR count). The summed E-state index contributed by atoms with van der Waals surface area (Å²) in [6.45, 7) is 4.65. The third-order valence-corrected chi connectivity index (χ3v) is 5.04. The standard InChI is InChI=1S/C21H19N3O2/c1-21(2)17(11-23)19(16-9-13(10-22)7-8-18(16)26-21)24-12-14-5-3-4-6-15(14)20(24)25/h3-9H,11-12,23H2,1-2H3. The average Bonchev–Trinajstić information content (AvgIpc) is 2.96. The van der Waals surface area contributed by atoms with Gasteiger partial charge in [0, 0.05) is 23.2 Å². The van der Waals surface area contributed by atoms with Gasteiger partial charge in [-0.3, -0.25) is 4.79 Å². The third kappa shape index (κ3) is 2.31. The Bertz CT molecular complexity index is 999. The molecule has 0 radical (unpaired) electrons. The highest BCUT2D eigenvalue weighted by Gasteiger charge is 2.40. The fourth-order valence-corrected chi connectivity index (χ4v) is 3.74. The Labute approximate surface area is 152 Å². The summed E-state index contributed by atoms with van der Waals surface area (Å²) in [4.78, 5) is 14.8. The predicted octanol–water partition coefficient (Wildman–Crippen LogP) is 3.06. The smallest absolute Gasteiger partial charge is 0.258 e. The second-order valence-electron chi connectivity index (χ2n) is 7.01. The maximum atomic E-state index is 13.1. The first-order valence-electron chi connectivity index (χ1n) is 8.53. The van der Waals surface area contributed by atoms with Gasteiger partial charge in [0.25, 0.3) is 5.91 Å². The number of ether oxygens (including phenoxy) is 1. The van der Waals surface area contributed by atoms with Crippen LogP contribution in [0.1, 0.15) is 40.9 Å². The maximum Gasteiger partial charge on any atom is 0.258 e. The van der Waals surface area contributed by atoms with Gasteiger partial charge in [-0.2, -0.15) is 5.26 Å². The Morgan fingerprint density at radius 3 is 2.69 bits per heavy atom. The predicted molar refractivity (Wildman–Crippen MR) is 98.2 cm³/mol. The van der Waals surface area contributed by atoms with Crippen LogP contribution in [0, 0.1) is 11.3 Å². The van der Waals surface area contributed by atoms with Crippen LogP contribution in [0.4, 0.5) is 0 Å². The van der Waals surface area contributed by atoms with Crippen LogP contribution >= 0.6 is 0 Å². The molecular weight excluding hydrogens is 326 g/mol. The van der Waals surface area contributed by atoms with E-state index in [1.54, 1.807) is 23.1 Å². The average molecular weight is 345 g/mol. The molecule has 2 aromatic rings. The minimum Gasteiger partial charge on any atom is -0.483 e. The molecule has 130 valence electrons. The minimum atomic E-state index is -0.639. The quantitative estimate of drug-likeness (QED) is 0.907. The van der Waals surface area contributed by atoms with Crippen LogP contribution in [0.5, 0.6) is 5.75 Å². The molecule has 0 bridgehead atoms. The fraction of sp³-hybridized carbons (Fsp3) is 0.238. The molecule has 0 fully saturated rings. The van der Waals surface area contributed by atoms with Crippen molar-refractivity contribution in [2.24, 2.45) is 5.73 Å². The van der Waals surface area contributed by atoms with Crippen molar-refractivity contribution in [1.82, 2.24) is 4.90 Å². The van der Waals surface area contributed by atoms with Crippen molar-refractivity contribution in [2.75, 3.05) is 6.54 Å². The molecule has 0 unspecified atom stereocenters. The Hall–Kier alpha value is -3.10. The molecule has 2 aliphatic rings. The number of amides is 1. The van der Waals surface area contributed by atoms with E-state index in [1.165, 1.54) is 0 Å². The van der Waals surface area contributed by atoms with Crippen LogP contribution < -0.4 is 10.5 Å². The highest BCUT2D eigenvalue weighted by molar-refractivity contribution is 6.04. The summed E-state index contributed by atoms with van der Waals surface area (Å²) in [6.07, 6.45) is 0. The van der Waals surface area contributed by atoms with E-state index in [-0.39, 0.29) is 12.5 Å². The largest absolute Gasteiger partial charge is 0.483 e. The molecule has 0 aromatic heterocycles. The normalized spacial score (nSPS) is 17.5. The van der Waals surface area contributed by atoms with Gasteiger partial charge in [-0.05, 0) is 43.7 Å². The molecule has 26 heavy (non-hydrogen) atoms. The van der Waals surface area contributed by atoms with Crippen LogP contribution in [-0.4, -0.2) is 23.0 Å². The molecule has 0 spiro atoms. The SMILES string of the molecule is CC1(C)Oc2ccc(C#N)cc2C(N2Cc3ccccc3C2=O)=C1CN. The van der Waals surface area contributed by atoms with E-state index >= 15 is 0 Å². The van der Waals surface area contributed by atoms with Gasteiger partial charge >= 0.3 is 0 Å².